The van der Waals surface area contributed by atoms with E-state index in [1.807, 2.05) is 13.8 Å². The summed E-state index contributed by atoms with van der Waals surface area (Å²) < 4.78 is 23.7. The molecule has 0 spiro atoms. The van der Waals surface area contributed by atoms with Gasteiger partial charge in [0, 0.05) is 18.4 Å². The van der Waals surface area contributed by atoms with Gasteiger partial charge < -0.3 is 18.6 Å². The molecule has 5 nitrogen and oxygen atoms in total. The minimum Gasteiger partial charge on any atom is -0.469 e. The average molecular weight is 359 g/mol. The van der Waals surface area contributed by atoms with Gasteiger partial charge in [0.15, 0.2) is 14.1 Å². The van der Waals surface area contributed by atoms with Gasteiger partial charge in [-0.15, -0.1) is 0 Å². The van der Waals surface area contributed by atoms with E-state index in [-0.39, 0.29) is 35.2 Å². The van der Waals surface area contributed by atoms with Crippen molar-refractivity contribution in [3.63, 3.8) is 0 Å². The third-order valence-electron chi connectivity index (χ3n) is 5.67. The molecule has 0 aromatic rings. The highest BCUT2D eigenvalue weighted by atomic mass is 28.4. The first kappa shape index (κ1) is 19.9. The second kappa shape index (κ2) is 6.70. The molecule has 0 N–H and O–H groups in total. The molecule has 1 heterocycles. The van der Waals surface area contributed by atoms with Crippen LogP contribution in [0.3, 0.4) is 0 Å². The van der Waals surface area contributed by atoms with Crippen LogP contribution >= 0.6 is 0 Å². The molecule has 0 radical (unpaired) electrons. The SMILES string of the molecule is COC(=O)C[C@@H]1C[C@@H](O[Si](C)(C)C(C)(C)C)C[C@@H]2OC(C)(C)O[C@@H]12. The van der Waals surface area contributed by atoms with Gasteiger partial charge in [-0.1, -0.05) is 20.8 Å². The highest BCUT2D eigenvalue weighted by molar-refractivity contribution is 6.74. The maximum absolute atomic E-state index is 11.8. The third kappa shape index (κ3) is 4.39. The van der Waals surface area contributed by atoms with Gasteiger partial charge in [-0.3, -0.25) is 4.79 Å². The monoisotopic (exact) mass is 358 g/mol. The van der Waals surface area contributed by atoms with Crippen LogP contribution in [-0.4, -0.2) is 45.5 Å². The van der Waals surface area contributed by atoms with E-state index in [0.29, 0.717) is 6.42 Å². The van der Waals surface area contributed by atoms with Crippen molar-refractivity contribution in [3.8, 4) is 0 Å². The van der Waals surface area contributed by atoms with E-state index in [4.69, 9.17) is 18.6 Å². The Morgan fingerprint density at radius 1 is 1.21 bits per heavy atom. The number of rotatable bonds is 4. The van der Waals surface area contributed by atoms with Crippen LogP contribution in [0, 0.1) is 5.92 Å². The molecule has 0 amide bonds. The van der Waals surface area contributed by atoms with Gasteiger partial charge in [0.2, 0.25) is 0 Å². The fourth-order valence-corrected chi connectivity index (χ4v) is 4.84. The lowest BCUT2D eigenvalue weighted by Gasteiger charge is -2.43. The Bertz CT molecular complexity index is 469. The highest BCUT2D eigenvalue weighted by Crippen LogP contribution is 2.45. The molecular weight excluding hydrogens is 324 g/mol. The van der Waals surface area contributed by atoms with Crippen molar-refractivity contribution < 1.29 is 23.4 Å². The molecule has 0 aromatic heterocycles. The van der Waals surface area contributed by atoms with Crippen LogP contribution in [0.2, 0.25) is 18.1 Å². The Balaban J connectivity index is 2.14. The Morgan fingerprint density at radius 3 is 2.38 bits per heavy atom. The maximum Gasteiger partial charge on any atom is 0.305 e. The van der Waals surface area contributed by atoms with Gasteiger partial charge in [-0.2, -0.15) is 0 Å². The number of hydrogen-bond donors (Lipinski definition) is 0. The molecule has 24 heavy (non-hydrogen) atoms. The van der Waals surface area contributed by atoms with Crippen LogP contribution in [0.5, 0.6) is 0 Å². The van der Waals surface area contributed by atoms with E-state index in [0.717, 1.165) is 12.8 Å². The second-order valence-electron chi connectivity index (χ2n) is 9.15. The molecule has 2 fully saturated rings. The highest BCUT2D eigenvalue weighted by Gasteiger charge is 2.51. The first-order valence-electron chi connectivity index (χ1n) is 8.95. The molecule has 1 aliphatic heterocycles. The van der Waals surface area contributed by atoms with E-state index in [9.17, 15) is 4.79 Å². The van der Waals surface area contributed by atoms with Gasteiger partial charge in [-0.25, -0.2) is 0 Å². The van der Waals surface area contributed by atoms with E-state index < -0.39 is 14.1 Å². The Kier molecular flexibility index (Phi) is 5.56. The van der Waals surface area contributed by atoms with Crippen LogP contribution in [-0.2, 0) is 23.4 Å². The summed E-state index contributed by atoms with van der Waals surface area (Å²) in [6, 6.07) is 0. The normalized spacial score (nSPS) is 33.2. The molecule has 4 atom stereocenters. The van der Waals surface area contributed by atoms with Gasteiger partial charge in [0.05, 0.1) is 25.7 Å². The third-order valence-corrected chi connectivity index (χ3v) is 10.2. The molecule has 2 aliphatic rings. The first-order chi connectivity index (χ1) is 10.8. The summed E-state index contributed by atoms with van der Waals surface area (Å²) in [5.74, 6) is -0.719. The van der Waals surface area contributed by atoms with Crippen molar-refractivity contribution in [1.82, 2.24) is 0 Å². The van der Waals surface area contributed by atoms with Gasteiger partial charge in [-0.05, 0) is 38.4 Å². The van der Waals surface area contributed by atoms with Crippen molar-refractivity contribution in [3.05, 3.63) is 0 Å². The minimum atomic E-state index is -1.86. The fourth-order valence-electron chi connectivity index (χ4n) is 3.46. The zero-order valence-electron chi connectivity index (χ0n) is 16.5. The second-order valence-corrected chi connectivity index (χ2v) is 13.9. The number of hydrogen-bond acceptors (Lipinski definition) is 5. The van der Waals surface area contributed by atoms with Crippen molar-refractivity contribution in [2.24, 2.45) is 5.92 Å². The molecular formula is C18H34O5Si. The smallest absolute Gasteiger partial charge is 0.305 e. The van der Waals surface area contributed by atoms with Crippen LogP contribution in [0.25, 0.3) is 0 Å². The van der Waals surface area contributed by atoms with Crippen molar-refractivity contribution in [2.75, 3.05) is 7.11 Å². The summed E-state index contributed by atoms with van der Waals surface area (Å²) in [6.45, 7) is 15.1. The van der Waals surface area contributed by atoms with Crippen LogP contribution in [0.1, 0.15) is 53.9 Å². The van der Waals surface area contributed by atoms with Crippen molar-refractivity contribution >= 4 is 14.3 Å². The van der Waals surface area contributed by atoms with Crippen LogP contribution < -0.4 is 0 Å². The number of ether oxygens (including phenoxy) is 3. The number of carbonyl (C=O) groups is 1. The number of methoxy groups -OCH3 is 1. The zero-order chi connectivity index (χ0) is 18.3. The molecule has 6 heteroatoms. The quantitative estimate of drug-likeness (QED) is 0.564. The molecule has 1 aliphatic carbocycles. The van der Waals surface area contributed by atoms with E-state index in [2.05, 4.69) is 33.9 Å². The lowest BCUT2D eigenvalue weighted by Crippen LogP contribution is -2.49. The molecule has 140 valence electrons. The topological polar surface area (TPSA) is 54.0 Å². The minimum absolute atomic E-state index is 0.0156. The molecule has 1 saturated carbocycles. The molecule has 0 aromatic carbocycles. The zero-order valence-corrected chi connectivity index (χ0v) is 17.5. The maximum atomic E-state index is 11.8. The summed E-state index contributed by atoms with van der Waals surface area (Å²) in [5.41, 5.74) is 0. The predicted molar refractivity (Wildman–Crippen MR) is 95.3 cm³/mol. The number of fused-ring (bicyclic) bond motifs is 1. The van der Waals surface area contributed by atoms with Gasteiger partial charge >= 0.3 is 5.97 Å². The van der Waals surface area contributed by atoms with E-state index in [1.165, 1.54) is 7.11 Å². The molecule has 2 rings (SSSR count). The lowest BCUT2D eigenvalue weighted by molar-refractivity contribution is -0.153. The number of esters is 1. The Morgan fingerprint density at radius 2 is 1.83 bits per heavy atom. The molecule has 1 saturated heterocycles. The van der Waals surface area contributed by atoms with Crippen molar-refractivity contribution in [2.45, 2.75) is 96.1 Å². The van der Waals surface area contributed by atoms with Gasteiger partial charge in [0.25, 0.3) is 0 Å². The number of carbonyl (C=O) groups excluding carboxylic acids is 1. The Hall–Kier alpha value is -0.433. The molecule has 0 unspecified atom stereocenters. The average Bonchev–Trinajstić information content (AvgIpc) is 2.71. The van der Waals surface area contributed by atoms with Crippen molar-refractivity contribution in [1.29, 1.82) is 0 Å². The van der Waals surface area contributed by atoms with E-state index >= 15 is 0 Å². The van der Waals surface area contributed by atoms with E-state index in [1.54, 1.807) is 0 Å². The predicted octanol–water partition coefficient (Wildman–Crippen LogP) is 3.87. The lowest BCUT2D eigenvalue weighted by atomic mass is 9.81. The largest absolute Gasteiger partial charge is 0.469 e. The summed E-state index contributed by atoms with van der Waals surface area (Å²) in [6.07, 6.45) is 2.05. The van der Waals surface area contributed by atoms with Crippen LogP contribution in [0.15, 0.2) is 0 Å². The van der Waals surface area contributed by atoms with Gasteiger partial charge in [0.1, 0.15) is 0 Å². The fraction of sp³-hybridized carbons (Fsp3) is 0.944. The summed E-state index contributed by atoms with van der Waals surface area (Å²) in [7, 11) is -0.430. The standard InChI is InChI=1S/C18H34O5Si/c1-17(2,3)24(7,8)23-13-9-12(10-15(19)20-6)16-14(11-13)21-18(4,5)22-16/h12-14,16H,9-11H2,1-8H3/t12-,13+,14-,16-/m0/s1. The molecule has 0 bridgehead atoms. The van der Waals surface area contributed by atoms with Crippen LogP contribution in [0.4, 0.5) is 0 Å². The summed E-state index contributed by atoms with van der Waals surface area (Å²) >= 11 is 0. The first-order valence-corrected chi connectivity index (χ1v) is 11.9. The summed E-state index contributed by atoms with van der Waals surface area (Å²) in [5, 5.41) is 0.161. The Labute approximate surface area is 147 Å². The summed E-state index contributed by atoms with van der Waals surface area (Å²) in [4.78, 5) is 11.8.